The maximum atomic E-state index is 2.55. The zero-order chi connectivity index (χ0) is 37.8. The van der Waals surface area contributed by atoms with Crippen molar-refractivity contribution in [2.75, 3.05) is 0 Å². The molecule has 12 rings (SSSR count). The summed E-state index contributed by atoms with van der Waals surface area (Å²) in [7, 11) is 0. The van der Waals surface area contributed by atoms with Gasteiger partial charge >= 0.3 is 0 Å². The van der Waals surface area contributed by atoms with E-state index in [1.165, 1.54) is 120 Å². The van der Waals surface area contributed by atoms with Crippen molar-refractivity contribution in [1.29, 1.82) is 0 Å². The Balaban J connectivity index is 1.22. The molecular weight excluding hydrogens is 685 g/mol. The van der Waals surface area contributed by atoms with Crippen LogP contribution in [-0.2, 0) is 5.41 Å². The summed E-state index contributed by atoms with van der Waals surface area (Å²) in [6.07, 6.45) is 0. The zero-order valence-electron chi connectivity index (χ0n) is 32.0. The van der Waals surface area contributed by atoms with E-state index in [1.807, 2.05) is 0 Å². The standard InChI is InChI=1S/C57H38/c1-57(2)53-18-10-9-17-47(53)49-33-51-52(34-54(49)57)56(45-24-20-36-12-4-6-14-38(36)29-45)50-32-43(41-21-22-42-27-39-15-7-8-16-40(39)30-46(42)31-41)25-26-48(50)55(51)44-23-19-35-11-3-5-13-37(35)28-44/h3-34H,1-2H3. The van der Waals surface area contributed by atoms with E-state index in [9.17, 15) is 0 Å². The molecule has 0 saturated heterocycles. The van der Waals surface area contributed by atoms with E-state index < -0.39 is 0 Å². The van der Waals surface area contributed by atoms with Crippen LogP contribution in [-0.4, -0.2) is 0 Å². The van der Waals surface area contributed by atoms with Crippen LogP contribution in [0.2, 0.25) is 0 Å². The predicted molar refractivity (Wildman–Crippen MR) is 245 cm³/mol. The van der Waals surface area contributed by atoms with Gasteiger partial charge in [0.05, 0.1) is 0 Å². The molecule has 1 aliphatic rings. The Labute approximate surface area is 332 Å². The second-order valence-electron chi connectivity index (χ2n) is 16.5. The molecule has 0 unspecified atom stereocenters. The van der Waals surface area contributed by atoms with Gasteiger partial charge in [0.15, 0.2) is 0 Å². The summed E-state index contributed by atoms with van der Waals surface area (Å²) < 4.78 is 0. The molecule has 0 aromatic heterocycles. The molecule has 0 heterocycles. The Morgan fingerprint density at radius 2 is 0.702 bits per heavy atom. The lowest BCUT2D eigenvalue weighted by Crippen LogP contribution is -2.14. The molecular formula is C57H38. The smallest absolute Gasteiger partial charge is 0.0159 e. The van der Waals surface area contributed by atoms with Gasteiger partial charge in [0, 0.05) is 5.41 Å². The molecule has 0 heteroatoms. The van der Waals surface area contributed by atoms with Gasteiger partial charge in [0.25, 0.3) is 0 Å². The minimum Gasteiger partial charge on any atom is -0.0619 e. The third kappa shape index (κ3) is 4.87. The number of benzene rings is 11. The molecule has 0 amide bonds. The van der Waals surface area contributed by atoms with Crippen LogP contribution in [0.15, 0.2) is 194 Å². The molecule has 0 radical (unpaired) electrons. The molecule has 0 nitrogen and oxygen atoms in total. The fourth-order valence-electron chi connectivity index (χ4n) is 10.0. The van der Waals surface area contributed by atoms with E-state index in [2.05, 4.69) is 208 Å². The van der Waals surface area contributed by atoms with E-state index in [0.717, 1.165) is 0 Å². The highest BCUT2D eigenvalue weighted by Gasteiger charge is 2.36. The van der Waals surface area contributed by atoms with Crippen LogP contribution in [0.5, 0.6) is 0 Å². The molecule has 0 spiro atoms. The van der Waals surface area contributed by atoms with Crippen LogP contribution in [0.3, 0.4) is 0 Å². The van der Waals surface area contributed by atoms with Crippen molar-refractivity contribution < 1.29 is 0 Å². The molecule has 0 fully saturated rings. The maximum Gasteiger partial charge on any atom is 0.0159 e. The lowest BCUT2D eigenvalue weighted by molar-refractivity contribution is 0.661. The van der Waals surface area contributed by atoms with Crippen molar-refractivity contribution in [3.63, 3.8) is 0 Å². The summed E-state index contributed by atoms with van der Waals surface area (Å²) >= 11 is 0. The van der Waals surface area contributed by atoms with Gasteiger partial charge in [-0.15, -0.1) is 0 Å². The lowest BCUT2D eigenvalue weighted by Gasteiger charge is -2.24. The fraction of sp³-hybridized carbons (Fsp3) is 0.0526. The quantitative estimate of drug-likeness (QED) is 0.159. The topological polar surface area (TPSA) is 0 Å². The van der Waals surface area contributed by atoms with Crippen molar-refractivity contribution in [1.82, 2.24) is 0 Å². The Bertz CT molecular complexity index is 3490. The Morgan fingerprint density at radius 3 is 1.39 bits per heavy atom. The van der Waals surface area contributed by atoms with Gasteiger partial charge in [-0.1, -0.05) is 159 Å². The van der Waals surface area contributed by atoms with Crippen LogP contribution in [0.4, 0.5) is 0 Å². The third-order valence-corrected chi connectivity index (χ3v) is 12.9. The van der Waals surface area contributed by atoms with Gasteiger partial charge in [0.1, 0.15) is 0 Å². The van der Waals surface area contributed by atoms with Crippen molar-refractivity contribution in [2.24, 2.45) is 0 Å². The Kier molecular flexibility index (Phi) is 6.78. The van der Waals surface area contributed by atoms with Crippen molar-refractivity contribution in [3.05, 3.63) is 205 Å². The molecule has 57 heavy (non-hydrogen) atoms. The summed E-state index contributed by atoms with van der Waals surface area (Å²) in [5, 5.41) is 15.2. The molecule has 266 valence electrons. The highest BCUT2D eigenvalue weighted by Crippen LogP contribution is 2.53. The van der Waals surface area contributed by atoms with Gasteiger partial charge in [-0.2, -0.15) is 0 Å². The van der Waals surface area contributed by atoms with Gasteiger partial charge in [-0.25, -0.2) is 0 Å². The van der Waals surface area contributed by atoms with Gasteiger partial charge < -0.3 is 0 Å². The molecule has 1 aliphatic carbocycles. The van der Waals surface area contributed by atoms with Gasteiger partial charge in [-0.3, -0.25) is 0 Å². The Hall–Kier alpha value is -7.02. The summed E-state index contributed by atoms with van der Waals surface area (Å²) in [6.45, 7) is 4.79. The number of hydrogen-bond donors (Lipinski definition) is 0. The minimum absolute atomic E-state index is 0.129. The first-order valence-electron chi connectivity index (χ1n) is 20.1. The van der Waals surface area contributed by atoms with E-state index in [1.54, 1.807) is 0 Å². The first kappa shape index (κ1) is 32.2. The van der Waals surface area contributed by atoms with E-state index >= 15 is 0 Å². The molecule has 0 N–H and O–H groups in total. The van der Waals surface area contributed by atoms with Crippen molar-refractivity contribution in [2.45, 2.75) is 19.3 Å². The second-order valence-corrected chi connectivity index (χ2v) is 16.5. The lowest BCUT2D eigenvalue weighted by atomic mass is 9.79. The maximum absolute atomic E-state index is 2.55. The molecule has 0 aliphatic heterocycles. The van der Waals surface area contributed by atoms with Crippen molar-refractivity contribution in [3.8, 4) is 44.5 Å². The van der Waals surface area contributed by atoms with Crippen molar-refractivity contribution >= 4 is 64.6 Å². The summed E-state index contributed by atoms with van der Waals surface area (Å²) in [5.41, 5.74) is 12.8. The summed E-state index contributed by atoms with van der Waals surface area (Å²) in [5.74, 6) is 0. The number of fused-ring (bicyclic) bond motifs is 9. The average molecular weight is 723 g/mol. The monoisotopic (exact) mass is 722 g/mol. The highest BCUT2D eigenvalue weighted by atomic mass is 14.4. The largest absolute Gasteiger partial charge is 0.0619 e. The van der Waals surface area contributed by atoms with E-state index in [4.69, 9.17) is 0 Å². The van der Waals surface area contributed by atoms with Gasteiger partial charge in [0.2, 0.25) is 0 Å². The molecule has 11 aromatic rings. The minimum atomic E-state index is -0.129. The summed E-state index contributed by atoms with van der Waals surface area (Å²) in [6, 6.07) is 73.1. The summed E-state index contributed by atoms with van der Waals surface area (Å²) in [4.78, 5) is 0. The van der Waals surface area contributed by atoms with Crippen LogP contribution in [0, 0.1) is 0 Å². The van der Waals surface area contributed by atoms with Crippen LogP contribution >= 0.6 is 0 Å². The SMILES string of the molecule is CC1(C)c2ccccc2-c2cc3c(-c4ccc5ccccc5c4)c4ccc(-c5ccc6cc7ccccc7cc6c5)cc4c(-c4ccc5ccccc5c4)c3cc21. The normalized spacial score (nSPS) is 13.2. The predicted octanol–water partition coefficient (Wildman–Crippen LogP) is 15.9. The highest BCUT2D eigenvalue weighted by molar-refractivity contribution is 6.23. The van der Waals surface area contributed by atoms with Crippen LogP contribution in [0.25, 0.3) is 109 Å². The van der Waals surface area contributed by atoms with E-state index in [-0.39, 0.29) is 5.41 Å². The van der Waals surface area contributed by atoms with E-state index in [0.29, 0.717) is 0 Å². The number of hydrogen-bond acceptors (Lipinski definition) is 0. The molecule has 0 saturated carbocycles. The molecule has 0 bridgehead atoms. The Morgan fingerprint density at radius 1 is 0.263 bits per heavy atom. The second kappa shape index (κ2) is 12.0. The average Bonchev–Trinajstić information content (AvgIpc) is 3.48. The fourth-order valence-corrected chi connectivity index (χ4v) is 10.0. The zero-order valence-corrected chi connectivity index (χ0v) is 32.0. The van der Waals surface area contributed by atoms with Crippen LogP contribution < -0.4 is 0 Å². The molecule has 0 atom stereocenters. The van der Waals surface area contributed by atoms with Gasteiger partial charge in [-0.05, 0) is 169 Å². The molecule has 11 aromatic carbocycles. The first-order valence-corrected chi connectivity index (χ1v) is 20.1. The third-order valence-electron chi connectivity index (χ3n) is 12.9. The first-order chi connectivity index (χ1) is 28.0. The number of rotatable bonds is 3. The van der Waals surface area contributed by atoms with Crippen LogP contribution in [0.1, 0.15) is 25.0 Å².